The first-order valence-electron chi connectivity index (χ1n) is 6.30. The van der Waals surface area contributed by atoms with Crippen molar-refractivity contribution in [1.82, 2.24) is 20.3 Å². The van der Waals surface area contributed by atoms with Gasteiger partial charge in [0.1, 0.15) is 0 Å². The lowest BCUT2D eigenvalue weighted by molar-refractivity contribution is 0.0948. The van der Waals surface area contributed by atoms with E-state index in [2.05, 4.69) is 31.6 Å². The standard InChI is InChI=1S/C13H16BrN5O.ClH/c1-9-12(13(20)16-7-3-6-15)17-18-19(9)11-5-2-4-10(14)8-11;/h2,4-5,8H,3,6-7,15H2,1H3,(H,16,20);1H. The molecule has 0 bridgehead atoms. The Morgan fingerprint density at radius 1 is 1.48 bits per heavy atom. The summed E-state index contributed by atoms with van der Waals surface area (Å²) in [6, 6.07) is 7.65. The Balaban J connectivity index is 0.00000220. The number of nitrogens with one attached hydrogen (secondary N) is 1. The van der Waals surface area contributed by atoms with E-state index in [1.54, 1.807) is 4.68 Å². The molecule has 8 heteroatoms. The van der Waals surface area contributed by atoms with Gasteiger partial charge in [-0.3, -0.25) is 4.79 Å². The minimum Gasteiger partial charge on any atom is -0.351 e. The van der Waals surface area contributed by atoms with Crippen molar-refractivity contribution in [2.75, 3.05) is 13.1 Å². The zero-order valence-electron chi connectivity index (χ0n) is 11.5. The summed E-state index contributed by atoms with van der Waals surface area (Å²) < 4.78 is 2.58. The van der Waals surface area contributed by atoms with E-state index in [0.717, 1.165) is 16.6 Å². The number of rotatable bonds is 5. The summed E-state index contributed by atoms with van der Waals surface area (Å²) in [5, 5.41) is 10.8. The summed E-state index contributed by atoms with van der Waals surface area (Å²) in [5.41, 5.74) is 7.28. The molecule has 1 heterocycles. The van der Waals surface area contributed by atoms with Gasteiger partial charge in [-0.15, -0.1) is 17.5 Å². The third-order valence-electron chi connectivity index (χ3n) is 2.83. The van der Waals surface area contributed by atoms with Crippen LogP contribution < -0.4 is 11.1 Å². The summed E-state index contributed by atoms with van der Waals surface area (Å²) in [4.78, 5) is 12.0. The van der Waals surface area contributed by atoms with Crippen molar-refractivity contribution in [3.8, 4) is 5.69 Å². The second-order valence-electron chi connectivity index (χ2n) is 4.31. The van der Waals surface area contributed by atoms with Gasteiger partial charge in [0, 0.05) is 11.0 Å². The van der Waals surface area contributed by atoms with E-state index in [4.69, 9.17) is 5.73 Å². The van der Waals surface area contributed by atoms with Crippen molar-refractivity contribution in [2.45, 2.75) is 13.3 Å². The lowest BCUT2D eigenvalue weighted by Gasteiger charge is -2.05. The van der Waals surface area contributed by atoms with Gasteiger partial charge in [-0.25, -0.2) is 4.68 Å². The van der Waals surface area contributed by atoms with Gasteiger partial charge in [0.15, 0.2) is 5.69 Å². The summed E-state index contributed by atoms with van der Waals surface area (Å²) in [6.07, 6.45) is 0.741. The molecule has 0 atom stereocenters. The number of carbonyl (C=O) groups is 1. The molecule has 2 rings (SSSR count). The molecular formula is C13H17BrClN5O. The number of benzene rings is 1. The van der Waals surface area contributed by atoms with Crippen LogP contribution >= 0.6 is 28.3 Å². The molecule has 1 aromatic heterocycles. The molecule has 0 saturated carbocycles. The molecule has 0 aliphatic carbocycles. The van der Waals surface area contributed by atoms with Crippen molar-refractivity contribution in [2.24, 2.45) is 5.73 Å². The second-order valence-corrected chi connectivity index (χ2v) is 5.23. The topological polar surface area (TPSA) is 85.8 Å². The largest absolute Gasteiger partial charge is 0.351 e. The fourth-order valence-electron chi connectivity index (χ4n) is 1.78. The molecule has 6 nitrogen and oxygen atoms in total. The van der Waals surface area contributed by atoms with Gasteiger partial charge in [0.25, 0.3) is 5.91 Å². The summed E-state index contributed by atoms with van der Waals surface area (Å²) in [6.45, 7) is 2.90. The Labute approximate surface area is 137 Å². The molecule has 0 radical (unpaired) electrons. The zero-order valence-corrected chi connectivity index (χ0v) is 13.9. The van der Waals surface area contributed by atoms with Crippen LogP contribution in [0.3, 0.4) is 0 Å². The van der Waals surface area contributed by atoms with E-state index in [-0.39, 0.29) is 18.3 Å². The average Bonchev–Trinajstić information content (AvgIpc) is 2.81. The fraction of sp³-hybridized carbons (Fsp3) is 0.308. The molecule has 21 heavy (non-hydrogen) atoms. The molecule has 0 aliphatic rings. The van der Waals surface area contributed by atoms with Gasteiger partial charge in [-0.1, -0.05) is 27.2 Å². The lowest BCUT2D eigenvalue weighted by Crippen LogP contribution is -2.27. The predicted octanol–water partition coefficient (Wildman–Crippen LogP) is 1.84. The first-order valence-corrected chi connectivity index (χ1v) is 7.09. The third kappa shape index (κ3) is 4.26. The Morgan fingerprint density at radius 2 is 2.24 bits per heavy atom. The van der Waals surface area contributed by atoms with E-state index in [0.29, 0.717) is 24.5 Å². The lowest BCUT2D eigenvalue weighted by atomic mass is 10.3. The van der Waals surface area contributed by atoms with Gasteiger partial charge in [0.2, 0.25) is 0 Å². The maximum Gasteiger partial charge on any atom is 0.273 e. The average molecular weight is 375 g/mol. The molecule has 2 aromatic rings. The molecule has 1 amide bonds. The third-order valence-corrected chi connectivity index (χ3v) is 3.32. The van der Waals surface area contributed by atoms with E-state index in [1.807, 2.05) is 31.2 Å². The van der Waals surface area contributed by atoms with Crippen LogP contribution in [0, 0.1) is 6.92 Å². The van der Waals surface area contributed by atoms with Crippen LogP contribution in [0.5, 0.6) is 0 Å². The zero-order chi connectivity index (χ0) is 14.5. The molecular weight excluding hydrogens is 358 g/mol. The molecule has 0 aliphatic heterocycles. The van der Waals surface area contributed by atoms with Crippen LogP contribution in [0.4, 0.5) is 0 Å². The summed E-state index contributed by atoms with van der Waals surface area (Å²) >= 11 is 3.41. The Bertz CT molecular complexity index is 616. The predicted molar refractivity (Wildman–Crippen MR) is 87.0 cm³/mol. The van der Waals surface area contributed by atoms with E-state index < -0.39 is 0 Å². The van der Waals surface area contributed by atoms with E-state index in [9.17, 15) is 4.79 Å². The van der Waals surface area contributed by atoms with E-state index >= 15 is 0 Å². The maximum atomic E-state index is 12.0. The normalized spacial score (nSPS) is 10.0. The highest BCUT2D eigenvalue weighted by molar-refractivity contribution is 9.10. The quantitative estimate of drug-likeness (QED) is 0.782. The number of carbonyl (C=O) groups excluding carboxylic acids is 1. The summed E-state index contributed by atoms with van der Waals surface area (Å²) in [7, 11) is 0. The highest BCUT2D eigenvalue weighted by Crippen LogP contribution is 2.17. The number of halogens is 2. The molecule has 114 valence electrons. The van der Waals surface area contributed by atoms with Gasteiger partial charge >= 0.3 is 0 Å². The molecule has 0 spiro atoms. The molecule has 1 aromatic carbocycles. The molecule has 0 unspecified atom stereocenters. The highest BCUT2D eigenvalue weighted by Gasteiger charge is 2.16. The van der Waals surface area contributed by atoms with Gasteiger partial charge in [-0.05, 0) is 38.1 Å². The smallest absolute Gasteiger partial charge is 0.273 e. The minimum atomic E-state index is -0.225. The monoisotopic (exact) mass is 373 g/mol. The fourth-order valence-corrected chi connectivity index (χ4v) is 2.17. The van der Waals surface area contributed by atoms with Crippen LogP contribution in [0.2, 0.25) is 0 Å². The number of amides is 1. The Kier molecular flexibility index (Phi) is 6.80. The van der Waals surface area contributed by atoms with Crippen molar-refractivity contribution < 1.29 is 4.79 Å². The minimum absolute atomic E-state index is 0. The van der Waals surface area contributed by atoms with Crippen molar-refractivity contribution in [3.63, 3.8) is 0 Å². The van der Waals surface area contributed by atoms with Gasteiger partial charge in [0.05, 0.1) is 11.4 Å². The first-order chi connectivity index (χ1) is 9.63. The van der Waals surface area contributed by atoms with Gasteiger partial charge in [-0.2, -0.15) is 0 Å². The number of hydrogen-bond acceptors (Lipinski definition) is 4. The van der Waals surface area contributed by atoms with Crippen molar-refractivity contribution >= 4 is 34.2 Å². The van der Waals surface area contributed by atoms with Crippen LogP contribution in [-0.4, -0.2) is 34.0 Å². The highest BCUT2D eigenvalue weighted by atomic mass is 79.9. The van der Waals surface area contributed by atoms with Gasteiger partial charge < -0.3 is 11.1 Å². The van der Waals surface area contributed by atoms with Crippen LogP contribution in [0.15, 0.2) is 28.7 Å². The summed E-state index contributed by atoms with van der Waals surface area (Å²) in [5.74, 6) is -0.225. The van der Waals surface area contributed by atoms with Crippen LogP contribution in [0.1, 0.15) is 22.6 Å². The number of aromatic nitrogens is 3. The SMILES string of the molecule is Cc1c(C(=O)NCCCN)nnn1-c1cccc(Br)c1.Cl. The Hall–Kier alpha value is -1.44. The molecule has 0 fully saturated rings. The number of hydrogen-bond donors (Lipinski definition) is 2. The maximum absolute atomic E-state index is 12.0. The number of nitrogens with two attached hydrogens (primary N) is 1. The van der Waals surface area contributed by atoms with E-state index in [1.165, 1.54) is 0 Å². The van der Waals surface area contributed by atoms with Crippen molar-refractivity contribution in [1.29, 1.82) is 0 Å². The number of nitrogens with zero attached hydrogens (tertiary/aromatic N) is 3. The molecule has 0 saturated heterocycles. The Morgan fingerprint density at radius 3 is 2.90 bits per heavy atom. The molecule has 3 N–H and O–H groups in total. The van der Waals surface area contributed by atoms with Crippen LogP contribution in [-0.2, 0) is 0 Å². The van der Waals surface area contributed by atoms with Crippen molar-refractivity contribution in [3.05, 3.63) is 40.1 Å². The second kappa shape index (κ2) is 8.11. The first kappa shape index (κ1) is 17.6. The van der Waals surface area contributed by atoms with Crippen LogP contribution in [0.25, 0.3) is 5.69 Å².